The van der Waals surface area contributed by atoms with Gasteiger partial charge in [0.15, 0.2) is 0 Å². The fourth-order valence-corrected chi connectivity index (χ4v) is 1.64. The summed E-state index contributed by atoms with van der Waals surface area (Å²) in [4.78, 5) is 12.0. The summed E-state index contributed by atoms with van der Waals surface area (Å²) in [5.74, 6) is -0.348. The minimum Gasteiger partial charge on any atom is -0.355 e. The Balaban J connectivity index is 2.73. The van der Waals surface area contributed by atoms with Crippen LogP contribution in [0, 0.1) is 11.2 Å². The third-order valence-corrected chi connectivity index (χ3v) is 3.42. The molecule has 0 saturated heterocycles. The maximum atomic E-state index is 13.2. The largest absolute Gasteiger partial charge is 0.355 e. The van der Waals surface area contributed by atoms with Crippen molar-refractivity contribution >= 4 is 5.91 Å². The predicted molar refractivity (Wildman–Crippen MR) is 75.3 cm³/mol. The Morgan fingerprint density at radius 3 is 2.47 bits per heavy atom. The van der Waals surface area contributed by atoms with Gasteiger partial charge >= 0.3 is 0 Å². The first-order valence-electron chi connectivity index (χ1n) is 6.43. The maximum Gasteiger partial charge on any atom is 0.226 e. The van der Waals surface area contributed by atoms with Gasteiger partial charge in [0.1, 0.15) is 5.82 Å². The van der Waals surface area contributed by atoms with Crippen LogP contribution in [0.15, 0.2) is 24.3 Å². The molecule has 106 valence electrons. The molecule has 1 aromatic rings. The summed E-state index contributed by atoms with van der Waals surface area (Å²) in [7, 11) is 0. The number of nitrogens with two attached hydrogens (primary N) is 1. The van der Waals surface area contributed by atoms with Crippen molar-refractivity contribution in [3.63, 3.8) is 0 Å². The van der Waals surface area contributed by atoms with Crippen LogP contribution in [-0.2, 0) is 10.2 Å². The zero-order valence-corrected chi connectivity index (χ0v) is 12.1. The number of nitrogens with one attached hydrogen (secondary N) is 1. The Morgan fingerprint density at radius 2 is 1.95 bits per heavy atom. The predicted octanol–water partition coefficient (Wildman–Crippen LogP) is 2.20. The van der Waals surface area contributed by atoms with Gasteiger partial charge in [0.2, 0.25) is 5.91 Å². The van der Waals surface area contributed by atoms with E-state index in [1.807, 2.05) is 19.9 Å². The molecular weight excluding hydrogens is 243 g/mol. The molecule has 0 spiro atoms. The summed E-state index contributed by atoms with van der Waals surface area (Å²) >= 11 is 0. The summed E-state index contributed by atoms with van der Waals surface area (Å²) in [6.45, 7) is 8.28. The molecule has 4 heteroatoms. The lowest BCUT2D eigenvalue weighted by molar-refractivity contribution is -0.129. The second-order valence-electron chi connectivity index (χ2n) is 6.16. The zero-order valence-electron chi connectivity index (χ0n) is 12.1. The molecule has 0 aliphatic heterocycles. The summed E-state index contributed by atoms with van der Waals surface area (Å²) < 4.78 is 13.2. The van der Waals surface area contributed by atoms with Crippen LogP contribution in [0.3, 0.4) is 0 Å². The molecule has 0 radical (unpaired) electrons. The quantitative estimate of drug-likeness (QED) is 0.858. The van der Waals surface area contributed by atoms with E-state index in [0.29, 0.717) is 13.1 Å². The Kier molecular flexibility index (Phi) is 4.69. The van der Waals surface area contributed by atoms with Gasteiger partial charge in [-0.1, -0.05) is 26.0 Å². The number of hydrogen-bond donors (Lipinski definition) is 2. The van der Waals surface area contributed by atoms with Crippen LogP contribution < -0.4 is 11.1 Å². The van der Waals surface area contributed by atoms with Gasteiger partial charge in [0, 0.05) is 18.5 Å². The lowest BCUT2D eigenvalue weighted by atomic mass is 9.84. The second kappa shape index (κ2) is 5.70. The molecule has 1 aromatic carbocycles. The fourth-order valence-electron chi connectivity index (χ4n) is 1.64. The first-order valence-corrected chi connectivity index (χ1v) is 6.43. The molecule has 3 nitrogen and oxygen atoms in total. The highest BCUT2D eigenvalue weighted by Crippen LogP contribution is 2.23. The van der Waals surface area contributed by atoms with Gasteiger partial charge in [-0.2, -0.15) is 0 Å². The van der Waals surface area contributed by atoms with Crippen molar-refractivity contribution < 1.29 is 9.18 Å². The molecule has 0 unspecified atom stereocenters. The summed E-state index contributed by atoms with van der Waals surface area (Å²) in [5, 5.41) is 2.89. The minimum atomic E-state index is -0.585. The van der Waals surface area contributed by atoms with Crippen LogP contribution in [-0.4, -0.2) is 19.0 Å². The number of carbonyl (C=O) groups excluding carboxylic acids is 1. The number of carbonyl (C=O) groups is 1. The van der Waals surface area contributed by atoms with Gasteiger partial charge in [-0.15, -0.1) is 0 Å². The lowest BCUT2D eigenvalue weighted by Crippen LogP contribution is -2.45. The van der Waals surface area contributed by atoms with Crippen molar-refractivity contribution in [1.82, 2.24) is 5.32 Å². The smallest absolute Gasteiger partial charge is 0.226 e. The van der Waals surface area contributed by atoms with Gasteiger partial charge < -0.3 is 11.1 Å². The van der Waals surface area contributed by atoms with Gasteiger partial charge in [-0.25, -0.2) is 4.39 Å². The second-order valence-corrected chi connectivity index (χ2v) is 6.16. The van der Waals surface area contributed by atoms with Crippen molar-refractivity contribution in [2.75, 3.05) is 13.1 Å². The number of benzene rings is 1. The summed E-state index contributed by atoms with van der Waals surface area (Å²) in [5.41, 5.74) is 5.51. The van der Waals surface area contributed by atoms with E-state index in [-0.39, 0.29) is 17.1 Å². The van der Waals surface area contributed by atoms with Crippen molar-refractivity contribution in [2.45, 2.75) is 33.1 Å². The van der Waals surface area contributed by atoms with E-state index >= 15 is 0 Å². The standard InChI is InChI=1S/C15H23FN2O/c1-14(2,9-17)13(19)18-10-15(3,4)11-6-5-7-12(16)8-11/h5-8H,9-10,17H2,1-4H3,(H,18,19). The van der Waals surface area contributed by atoms with Crippen LogP contribution in [0.4, 0.5) is 4.39 Å². The highest BCUT2D eigenvalue weighted by atomic mass is 19.1. The molecule has 0 saturated carbocycles. The van der Waals surface area contributed by atoms with E-state index in [2.05, 4.69) is 5.32 Å². The highest BCUT2D eigenvalue weighted by molar-refractivity contribution is 5.82. The van der Waals surface area contributed by atoms with E-state index in [0.717, 1.165) is 5.56 Å². The molecule has 0 aromatic heterocycles. The number of halogens is 1. The fraction of sp³-hybridized carbons (Fsp3) is 0.533. The molecule has 0 aliphatic rings. The van der Waals surface area contributed by atoms with E-state index in [9.17, 15) is 9.18 Å². The SMILES string of the molecule is CC(C)(CN)C(=O)NCC(C)(C)c1cccc(F)c1. The van der Waals surface area contributed by atoms with Crippen LogP contribution in [0.25, 0.3) is 0 Å². The Morgan fingerprint density at radius 1 is 1.32 bits per heavy atom. The average Bonchev–Trinajstić information content (AvgIpc) is 2.36. The van der Waals surface area contributed by atoms with Crippen molar-refractivity contribution in [1.29, 1.82) is 0 Å². The third kappa shape index (κ3) is 4.03. The first kappa shape index (κ1) is 15.6. The van der Waals surface area contributed by atoms with E-state index in [1.54, 1.807) is 19.9 Å². The number of hydrogen-bond acceptors (Lipinski definition) is 2. The molecule has 3 N–H and O–H groups in total. The first-order chi connectivity index (χ1) is 8.69. The third-order valence-electron chi connectivity index (χ3n) is 3.42. The molecule has 1 rings (SSSR count). The normalized spacial score (nSPS) is 12.3. The van der Waals surface area contributed by atoms with Crippen molar-refractivity contribution in [3.8, 4) is 0 Å². The van der Waals surface area contributed by atoms with Gasteiger partial charge in [-0.05, 0) is 31.5 Å². The topological polar surface area (TPSA) is 55.1 Å². The monoisotopic (exact) mass is 266 g/mol. The van der Waals surface area contributed by atoms with Gasteiger partial charge in [0.25, 0.3) is 0 Å². The van der Waals surface area contributed by atoms with E-state index in [1.165, 1.54) is 12.1 Å². The number of amides is 1. The Hall–Kier alpha value is -1.42. The van der Waals surface area contributed by atoms with Gasteiger partial charge in [-0.3, -0.25) is 4.79 Å². The average molecular weight is 266 g/mol. The Labute approximate surface area is 114 Å². The molecule has 19 heavy (non-hydrogen) atoms. The van der Waals surface area contributed by atoms with Crippen LogP contribution in [0.1, 0.15) is 33.3 Å². The molecule has 0 aliphatic carbocycles. The molecular formula is C15H23FN2O. The maximum absolute atomic E-state index is 13.2. The molecule has 0 bridgehead atoms. The Bertz CT molecular complexity index is 455. The minimum absolute atomic E-state index is 0.0838. The highest BCUT2D eigenvalue weighted by Gasteiger charge is 2.28. The molecule has 1 amide bonds. The molecule has 0 fully saturated rings. The van der Waals surface area contributed by atoms with E-state index < -0.39 is 5.41 Å². The number of rotatable bonds is 5. The van der Waals surface area contributed by atoms with Crippen LogP contribution in [0.2, 0.25) is 0 Å². The lowest BCUT2D eigenvalue weighted by Gasteiger charge is -2.29. The van der Waals surface area contributed by atoms with Crippen molar-refractivity contribution in [3.05, 3.63) is 35.6 Å². The van der Waals surface area contributed by atoms with Crippen LogP contribution >= 0.6 is 0 Å². The molecule has 0 atom stereocenters. The van der Waals surface area contributed by atoms with E-state index in [4.69, 9.17) is 5.73 Å². The summed E-state index contributed by atoms with van der Waals surface area (Å²) in [6, 6.07) is 6.46. The van der Waals surface area contributed by atoms with Crippen LogP contribution in [0.5, 0.6) is 0 Å². The molecule has 0 heterocycles. The summed E-state index contributed by atoms with van der Waals surface area (Å²) in [6.07, 6.45) is 0. The van der Waals surface area contributed by atoms with Gasteiger partial charge in [0.05, 0.1) is 5.41 Å². The van der Waals surface area contributed by atoms with Crippen molar-refractivity contribution in [2.24, 2.45) is 11.1 Å². The zero-order chi connectivity index (χ0) is 14.7.